The molecule has 2 aromatic heterocycles. The van der Waals surface area contributed by atoms with Crippen LogP contribution in [0.1, 0.15) is 27.8 Å². The number of aliphatic hydroxyl groups is 1. The zero-order chi connectivity index (χ0) is 21.0. The van der Waals surface area contributed by atoms with Crippen LogP contribution in [0.4, 0.5) is 0 Å². The van der Waals surface area contributed by atoms with E-state index in [-0.39, 0.29) is 17.9 Å². The molecule has 1 amide bonds. The first-order valence-electron chi connectivity index (χ1n) is 10.2. The number of pyridine rings is 1. The number of amides is 1. The van der Waals surface area contributed by atoms with Gasteiger partial charge in [0.1, 0.15) is 11.4 Å². The lowest BCUT2D eigenvalue weighted by atomic mass is 9.69. The largest absolute Gasteiger partial charge is 0.497 e. The molecule has 5 rings (SSSR count). The first kappa shape index (κ1) is 19.1. The van der Waals surface area contributed by atoms with Crippen molar-refractivity contribution >= 4 is 16.8 Å². The summed E-state index contributed by atoms with van der Waals surface area (Å²) in [5.74, 6) is 0.652. The zero-order valence-electron chi connectivity index (χ0n) is 17.5. The molecule has 30 heavy (non-hydrogen) atoms. The molecule has 156 valence electrons. The molecule has 0 unspecified atom stereocenters. The van der Waals surface area contributed by atoms with Crippen molar-refractivity contribution < 1.29 is 14.6 Å². The Hall–Kier alpha value is -2.90. The molecule has 0 bridgehead atoms. The van der Waals surface area contributed by atoms with Crippen molar-refractivity contribution in [3.8, 4) is 5.75 Å². The molecule has 1 atom stereocenters. The summed E-state index contributed by atoms with van der Waals surface area (Å²) < 4.78 is 7.56. The fraction of sp³-hybridized carbons (Fsp3) is 0.391. The number of aryl methyl sites for hydroxylation is 1. The lowest BCUT2D eigenvalue weighted by Gasteiger charge is -2.55. The third kappa shape index (κ3) is 2.58. The van der Waals surface area contributed by atoms with E-state index in [0.29, 0.717) is 12.2 Å². The molecular formula is C23H26N4O3. The third-order valence-corrected chi connectivity index (χ3v) is 6.61. The minimum atomic E-state index is -0.422. The summed E-state index contributed by atoms with van der Waals surface area (Å²) in [7, 11) is 5.77. The van der Waals surface area contributed by atoms with E-state index in [2.05, 4.69) is 27.6 Å². The molecule has 1 saturated heterocycles. The average molecular weight is 406 g/mol. The minimum Gasteiger partial charge on any atom is -0.497 e. The van der Waals surface area contributed by atoms with E-state index in [1.165, 1.54) is 10.9 Å². The smallest absolute Gasteiger partial charge is 0.273 e. The Kier molecular flexibility index (Phi) is 4.34. The number of carbonyl (C=O) groups excluding carboxylic acids is 1. The second-order valence-corrected chi connectivity index (χ2v) is 8.50. The highest BCUT2D eigenvalue weighted by atomic mass is 16.5. The second-order valence-electron chi connectivity index (χ2n) is 8.50. The molecule has 3 aromatic rings. The van der Waals surface area contributed by atoms with Gasteiger partial charge >= 0.3 is 0 Å². The lowest BCUT2D eigenvalue weighted by molar-refractivity contribution is 0.00837. The van der Waals surface area contributed by atoms with E-state index < -0.39 is 6.04 Å². The number of fused-ring (bicyclic) bond motifs is 4. The number of benzene rings is 1. The monoisotopic (exact) mass is 406 g/mol. The Balaban J connectivity index is 1.72. The molecule has 1 aromatic carbocycles. The molecule has 1 spiro atoms. The second kappa shape index (κ2) is 6.82. The molecule has 2 aliphatic heterocycles. The summed E-state index contributed by atoms with van der Waals surface area (Å²) >= 11 is 0. The molecule has 4 heterocycles. The Morgan fingerprint density at radius 3 is 2.67 bits per heavy atom. The van der Waals surface area contributed by atoms with Gasteiger partial charge in [0.05, 0.1) is 25.3 Å². The summed E-state index contributed by atoms with van der Waals surface area (Å²) in [5, 5.41) is 11.6. The van der Waals surface area contributed by atoms with Gasteiger partial charge in [-0.25, -0.2) is 0 Å². The summed E-state index contributed by atoms with van der Waals surface area (Å²) in [6, 6.07) is 11.1. The van der Waals surface area contributed by atoms with Crippen LogP contribution in [0.5, 0.6) is 5.75 Å². The van der Waals surface area contributed by atoms with Gasteiger partial charge in [0.2, 0.25) is 0 Å². The number of aliphatic hydroxyl groups excluding tert-OH is 1. The van der Waals surface area contributed by atoms with Crippen molar-refractivity contribution in [3.05, 3.63) is 59.5 Å². The van der Waals surface area contributed by atoms with Gasteiger partial charge in [-0.05, 0) is 36.9 Å². The predicted octanol–water partition coefficient (Wildman–Crippen LogP) is 1.95. The zero-order valence-corrected chi connectivity index (χ0v) is 17.5. The number of aromatic nitrogens is 2. The molecule has 7 nitrogen and oxygen atoms in total. The molecule has 0 aliphatic carbocycles. The van der Waals surface area contributed by atoms with Crippen LogP contribution in [0.25, 0.3) is 10.9 Å². The van der Waals surface area contributed by atoms with Crippen molar-refractivity contribution in [2.75, 3.05) is 40.4 Å². The van der Waals surface area contributed by atoms with Gasteiger partial charge < -0.3 is 24.2 Å². The summed E-state index contributed by atoms with van der Waals surface area (Å²) in [5.41, 5.74) is 3.56. The van der Waals surface area contributed by atoms with Crippen LogP contribution < -0.4 is 4.74 Å². The molecule has 1 N–H and O–H groups in total. The molecule has 2 aliphatic rings. The number of carbonyl (C=O) groups is 1. The SMILES string of the molecule is COc1ccc2c3c(n(C)c2c1)[C@@H](CO)N(C(=O)c1ccccn1)CC31CN(C)C1. The van der Waals surface area contributed by atoms with E-state index in [1.54, 1.807) is 25.4 Å². The van der Waals surface area contributed by atoms with Gasteiger partial charge in [-0.2, -0.15) is 0 Å². The van der Waals surface area contributed by atoms with Gasteiger partial charge in [0.15, 0.2) is 0 Å². The van der Waals surface area contributed by atoms with Gasteiger partial charge in [-0.15, -0.1) is 0 Å². The Labute approximate surface area is 175 Å². The Morgan fingerprint density at radius 2 is 2.03 bits per heavy atom. The van der Waals surface area contributed by atoms with E-state index in [1.807, 2.05) is 30.1 Å². The fourth-order valence-electron chi connectivity index (χ4n) is 5.45. The van der Waals surface area contributed by atoms with Crippen LogP contribution in [-0.2, 0) is 12.5 Å². The maximum absolute atomic E-state index is 13.4. The molecule has 1 fully saturated rings. The number of likely N-dealkylation sites (N-methyl/N-ethyl adjacent to an activating group) is 1. The van der Waals surface area contributed by atoms with Crippen LogP contribution in [0.3, 0.4) is 0 Å². The van der Waals surface area contributed by atoms with Gasteiger partial charge in [0, 0.05) is 55.4 Å². The summed E-state index contributed by atoms with van der Waals surface area (Å²) in [6.07, 6.45) is 1.63. The summed E-state index contributed by atoms with van der Waals surface area (Å²) in [4.78, 5) is 21.8. The molecule has 0 radical (unpaired) electrons. The van der Waals surface area contributed by atoms with Crippen molar-refractivity contribution in [2.24, 2.45) is 7.05 Å². The standard InChI is InChI=1S/C23H26N4O3/c1-25-12-23(13-25)14-27(22(29)17-6-4-5-9-24-17)19(11-28)21-20(23)16-8-7-15(30-3)10-18(16)26(21)2/h4-10,19,28H,11-14H2,1-3H3/t19-/m1/s1. The topological polar surface area (TPSA) is 70.8 Å². The van der Waals surface area contributed by atoms with E-state index in [0.717, 1.165) is 30.0 Å². The number of hydrogen-bond donors (Lipinski definition) is 1. The van der Waals surface area contributed by atoms with Gasteiger partial charge in [-0.3, -0.25) is 9.78 Å². The van der Waals surface area contributed by atoms with E-state index >= 15 is 0 Å². The third-order valence-electron chi connectivity index (χ3n) is 6.61. The quantitative estimate of drug-likeness (QED) is 0.720. The van der Waals surface area contributed by atoms with Crippen LogP contribution in [0.15, 0.2) is 42.6 Å². The van der Waals surface area contributed by atoms with Crippen molar-refractivity contribution in [3.63, 3.8) is 0 Å². The number of nitrogens with zero attached hydrogens (tertiary/aromatic N) is 4. The first-order valence-corrected chi connectivity index (χ1v) is 10.2. The molecule has 0 saturated carbocycles. The summed E-state index contributed by atoms with van der Waals surface area (Å²) in [6.45, 7) is 2.17. The average Bonchev–Trinajstić information content (AvgIpc) is 3.05. The molecular weight excluding hydrogens is 380 g/mol. The van der Waals surface area contributed by atoms with E-state index in [9.17, 15) is 9.90 Å². The van der Waals surface area contributed by atoms with E-state index in [4.69, 9.17) is 4.74 Å². The lowest BCUT2D eigenvalue weighted by Crippen LogP contribution is -2.66. The van der Waals surface area contributed by atoms with Crippen molar-refractivity contribution in [2.45, 2.75) is 11.5 Å². The number of likely N-dealkylation sites (tertiary alicyclic amines) is 1. The van der Waals surface area contributed by atoms with Crippen LogP contribution >= 0.6 is 0 Å². The van der Waals surface area contributed by atoms with Crippen LogP contribution in [0.2, 0.25) is 0 Å². The minimum absolute atomic E-state index is 0.140. The maximum atomic E-state index is 13.4. The number of ether oxygens (including phenoxy) is 1. The fourth-order valence-corrected chi connectivity index (χ4v) is 5.45. The number of hydrogen-bond acceptors (Lipinski definition) is 5. The number of methoxy groups -OCH3 is 1. The first-order chi connectivity index (χ1) is 14.5. The normalized spacial score (nSPS) is 20.3. The van der Waals surface area contributed by atoms with Crippen LogP contribution in [-0.4, -0.2) is 70.8 Å². The highest BCUT2D eigenvalue weighted by Gasteiger charge is 2.53. The van der Waals surface area contributed by atoms with Crippen molar-refractivity contribution in [1.82, 2.24) is 19.4 Å². The van der Waals surface area contributed by atoms with Gasteiger partial charge in [-0.1, -0.05) is 6.07 Å². The highest BCUT2D eigenvalue weighted by molar-refractivity contribution is 5.94. The molecule has 7 heteroatoms. The Morgan fingerprint density at radius 1 is 1.23 bits per heavy atom. The maximum Gasteiger partial charge on any atom is 0.273 e. The number of rotatable bonds is 3. The Bertz CT molecular complexity index is 1120. The highest BCUT2D eigenvalue weighted by Crippen LogP contribution is 2.49. The predicted molar refractivity (Wildman–Crippen MR) is 114 cm³/mol. The van der Waals surface area contributed by atoms with Crippen LogP contribution in [0, 0.1) is 0 Å². The van der Waals surface area contributed by atoms with Crippen molar-refractivity contribution in [1.29, 1.82) is 0 Å². The van der Waals surface area contributed by atoms with Gasteiger partial charge in [0.25, 0.3) is 5.91 Å².